The molecule has 4 rings (SSSR count). The fourth-order valence-electron chi connectivity index (χ4n) is 2.96. The van der Waals surface area contributed by atoms with Crippen LogP contribution in [0.15, 0.2) is 48.9 Å². The van der Waals surface area contributed by atoms with Crippen molar-refractivity contribution in [2.45, 2.75) is 6.42 Å². The molecule has 1 aromatic carbocycles. The van der Waals surface area contributed by atoms with Gasteiger partial charge in [0.1, 0.15) is 5.82 Å². The topological polar surface area (TPSA) is 67.7 Å². The van der Waals surface area contributed by atoms with Gasteiger partial charge in [0.25, 0.3) is 0 Å². The molecule has 126 valence electrons. The first-order valence-corrected chi connectivity index (χ1v) is 8.57. The molecule has 0 aliphatic carbocycles. The number of nitrogens with zero attached hydrogens (tertiary/aromatic N) is 4. The molecule has 3 aromatic rings. The van der Waals surface area contributed by atoms with Crippen LogP contribution < -0.4 is 10.6 Å². The van der Waals surface area contributed by atoms with Gasteiger partial charge in [-0.25, -0.2) is 9.67 Å². The molecule has 0 amide bonds. The smallest absolute Gasteiger partial charge is 0.131 e. The third kappa shape index (κ3) is 3.23. The number of aromatic nitrogens is 4. The monoisotopic (exact) mass is 350 g/mol. The second-order valence-electron chi connectivity index (χ2n) is 6.07. The fourth-order valence-corrected chi connectivity index (χ4v) is 3.26. The van der Waals surface area contributed by atoms with Gasteiger partial charge in [-0.15, -0.1) is 5.10 Å². The summed E-state index contributed by atoms with van der Waals surface area (Å²) in [6, 6.07) is 8.26. The summed E-state index contributed by atoms with van der Waals surface area (Å²) in [7, 11) is 1.89. The maximum absolute atomic E-state index is 5.54. The van der Waals surface area contributed by atoms with Crippen molar-refractivity contribution in [3.63, 3.8) is 0 Å². The van der Waals surface area contributed by atoms with Gasteiger partial charge in [0.2, 0.25) is 0 Å². The lowest BCUT2D eigenvalue weighted by Crippen LogP contribution is -2.26. The van der Waals surface area contributed by atoms with Crippen LogP contribution >= 0.6 is 12.2 Å². The Kier molecular flexibility index (Phi) is 4.15. The standard InChI is InChI=1S/C18H18N6S/c1-24-16(11-21-23-24)13-2-3-14-10-20-17(9-15(14)8-13)22-18(25)12-4-6-19-7-5-12/h2-4,6,8-12,19H,5,7H2,1H3,(H,20,22,25). The van der Waals surface area contributed by atoms with Gasteiger partial charge in [0.15, 0.2) is 0 Å². The molecular weight excluding hydrogens is 332 g/mol. The summed E-state index contributed by atoms with van der Waals surface area (Å²) in [6.45, 7) is 0.941. The molecule has 25 heavy (non-hydrogen) atoms. The molecule has 3 heterocycles. The number of benzene rings is 1. The average Bonchev–Trinajstić information content (AvgIpc) is 3.08. The number of fused-ring (bicyclic) bond motifs is 1. The minimum atomic E-state index is 0.251. The number of anilines is 1. The first-order valence-electron chi connectivity index (χ1n) is 8.16. The molecular formula is C18H18N6S. The molecule has 1 aliphatic heterocycles. The van der Waals surface area contributed by atoms with E-state index in [-0.39, 0.29) is 5.92 Å². The summed E-state index contributed by atoms with van der Waals surface area (Å²) in [4.78, 5) is 5.29. The Hall–Kier alpha value is -2.80. The SMILES string of the molecule is Cn1nncc1-c1ccc2cnc(NC(=S)C3C=CNCC3)cc2c1. The van der Waals surface area contributed by atoms with Crippen LogP contribution in [0.25, 0.3) is 22.0 Å². The van der Waals surface area contributed by atoms with Crippen molar-refractivity contribution in [2.24, 2.45) is 13.0 Å². The number of hydrogen-bond donors (Lipinski definition) is 2. The molecule has 0 saturated carbocycles. The van der Waals surface area contributed by atoms with Crippen molar-refractivity contribution >= 4 is 33.8 Å². The molecule has 0 fully saturated rings. The number of nitrogens with one attached hydrogen (secondary N) is 2. The van der Waals surface area contributed by atoms with E-state index >= 15 is 0 Å². The van der Waals surface area contributed by atoms with E-state index in [9.17, 15) is 0 Å². The van der Waals surface area contributed by atoms with Crippen LogP contribution in [0.2, 0.25) is 0 Å². The minimum absolute atomic E-state index is 0.251. The number of aryl methyl sites for hydroxylation is 1. The molecule has 6 nitrogen and oxygen atoms in total. The molecule has 2 aromatic heterocycles. The van der Waals surface area contributed by atoms with Crippen LogP contribution in [0.4, 0.5) is 5.82 Å². The summed E-state index contributed by atoms with van der Waals surface area (Å²) in [5.74, 6) is 1.02. The van der Waals surface area contributed by atoms with Crippen molar-refractivity contribution < 1.29 is 0 Å². The average molecular weight is 350 g/mol. The number of pyridine rings is 1. The number of rotatable bonds is 3. The highest BCUT2D eigenvalue weighted by Gasteiger charge is 2.14. The van der Waals surface area contributed by atoms with Crippen LogP contribution in [0.1, 0.15) is 6.42 Å². The van der Waals surface area contributed by atoms with Gasteiger partial charge in [-0.05, 0) is 30.1 Å². The van der Waals surface area contributed by atoms with Crippen LogP contribution in [0.3, 0.4) is 0 Å². The molecule has 0 radical (unpaired) electrons. The van der Waals surface area contributed by atoms with E-state index in [1.807, 2.05) is 25.5 Å². The first kappa shape index (κ1) is 15.7. The highest BCUT2D eigenvalue weighted by atomic mass is 32.1. The molecule has 2 N–H and O–H groups in total. The Balaban J connectivity index is 1.62. The fraction of sp³-hybridized carbons (Fsp3) is 0.222. The van der Waals surface area contributed by atoms with Crippen LogP contribution in [-0.2, 0) is 7.05 Å². The van der Waals surface area contributed by atoms with Crippen LogP contribution in [-0.4, -0.2) is 31.5 Å². The lowest BCUT2D eigenvalue weighted by Gasteiger charge is -2.19. The van der Waals surface area contributed by atoms with Gasteiger partial charge in [0, 0.05) is 36.7 Å². The summed E-state index contributed by atoms with van der Waals surface area (Å²) < 4.78 is 1.76. The Morgan fingerprint density at radius 1 is 1.28 bits per heavy atom. The van der Waals surface area contributed by atoms with E-state index < -0.39 is 0 Å². The minimum Gasteiger partial charge on any atom is -0.391 e. The molecule has 1 unspecified atom stereocenters. The van der Waals surface area contributed by atoms with Crippen molar-refractivity contribution in [1.29, 1.82) is 0 Å². The van der Waals surface area contributed by atoms with E-state index in [4.69, 9.17) is 12.2 Å². The Bertz CT molecular complexity index is 961. The lowest BCUT2D eigenvalue weighted by molar-refractivity contribution is 0.662. The lowest BCUT2D eigenvalue weighted by atomic mass is 10.0. The summed E-state index contributed by atoms with van der Waals surface area (Å²) in [5, 5.41) is 16.6. The van der Waals surface area contributed by atoms with Crippen molar-refractivity contribution in [2.75, 3.05) is 11.9 Å². The molecule has 1 atom stereocenters. The highest BCUT2D eigenvalue weighted by molar-refractivity contribution is 7.80. The van der Waals surface area contributed by atoms with E-state index in [1.165, 1.54) is 0 Å². The third-order valence-electron chi connectivity index (χ3n) is 4.37. The zero-order chi connectivity index (χ0) is 17.2. The zero-order valence-electron chi connectivity index (χ0n) is 13.8. The maximum atomic E-state index is 5.54. The maximum Gasteiger partial charge on any atom is 0.131 e. The van der Waals surface area contributed by atoms with Gasteiger partial charge < -0.3 is 10.6 Å². The van der Waals surface area contributed by atoms with E-state index in [2.05, 4.69) is 50.2 Å². The van der Waals surface area contributed by atoms with Gasteiger partial charge in [-0.2, -0.15) is 0 Å². The van der Waals surface area contributed by atoms with Gasteiger partial charge in [-0.3, -0.25) is 0 Å². The van der Waals surface area contributed by atoms with Crippen LogP contribution in [0.5, 0.6) is 0 Å². The molecule has 0 saturated heterocycles. The van der Waals surface area contributed by atoms with Crippen molar-refractivity contribution in [3.05, 3.63) is 48.9 Å². The Labute approximate surface area is 151 Å². The normalized spacial score (nSPS) is 16.6. The first-order chi connectivity index (χ1) is 12.2. The predicted molar refractivity (Wildman–Crippen MR) is 103 cm³/mol. The zero-order valence-corrected chi connectivity index (χ0v) is 14.6. The van der Waals surface area contributed by atoms with E-state index in [1.54, 1.807) is 10.9 Å². The summed E-state index contributed by atoms with van der Waals surface area (Å²) >= 11 is 5.54. The molecule has 7 heteroatoms. The predicted octanol–water partition coefficient (Wildman–Crippen LogP) is 2.89. The van der Waals surface area contributed by atoms with E-state index in [0.29, 0.717) is 0 Å². The number of thiocarbonyl (C=S) groups is 1. The Morgan fingerprint density at radius 2 is 2.20 bits per heavy atom. The van der Waals surface area contributed by atoms with E-state index in [0.717, 1.165) is 45.8 Å². The quantitative estimate of drug-likeness (QED) is 0.708. The second-order valence-corrected chi connectivity index (χ2v) is 6.51. The van der Waals surface area contributed by atoms with Crippen molar-refractivity contribution in [1.82, 2.24) is 25.3 Å². The number of hydrogen-bond acceptors (Lipinski definition) is 5. The largest absolute Gasteiger partial charge is 0.391 e. The van der Waals surface area contributed by atoms with Gasteiger partial charge in [0.05, 0.1) is 16.9 Å². The van der Waals surface area contributed by atoms with Gasteiger partial charge in [-0.1, -0.05) is 35.6 Å². The van der Waals surface area contributed by atoms with Crippen LogP contribution in [0, 0.1) is 5.92 Å². The molecule has 0 spiro atoms. The molecule has 1 aliphatic rings. The highest BCUT2D eigenvalue weighted by Crippen LogP contribution is 2.25. The second kappa shape index (κ2) is 6.60. The summed E-state index contributed by atoms with van der Waals surface area (Å²) in [5.41, 5.74) is 2.05. The van der Waals surface area contributed by atoms with Gasteiger partial charge >= 0.3 is 0 Å². The Morgan fingerprint density at radius 3 is 2.96 bits per heavy atom. The van der Waals surface area contributed by atoms with Crippen molar-refractivity contribution in [3.8, 4) is 11.3 Å². The molecule has 0 bridgehead atoms. The third-order valence-corrected chi connectivity index (χ3v) is 4.77. The summed E-state index contributed by atoms with van der Waals surface area (Å²) in [6.07, 6.45) is 8.68.